The molecule has 0 atom stereocenters. The predicted molar refractivity (Wildman–Crippen MR) is 67.7 cm³/mol. The fourth-order valence-corrected chi connectivity index (χ4v) is 1.97. The second-order valence-corrected chi connectivity index (χ2v) is 4.08. The van der Waals surface area contributed by atoms with Crippen LogP contribution in [0.1, 0.15) is 0 Å². The number of H-pyrrole nitrogens is 1. The van der Waals surface area contributed by atoms with E-state index in [4.69, 9.17) is 17.0 Å². The van der Waals surface area contributed by atoms with Crippen molar-refractivity contribution >= 4 is 29.2 Å². The van der Waals surface area contributed by atoms with Gasteiger partial charge < -0.3 is 19.6 Å². The monoisotopic (exact) mass is 269 g/mol. The number of aromatic amines is 1. The largest absolute Gasteiger partial charge is 0.494 e. The van der Waals surface area contributed by atoms with Gasteiger partial charge in [-0.2, -0.15) is 0 Å². The Bertz CT molecular complexity index is 662. The quantitative estimate of drug-likeness (QED) is 0.832. The summed E-state index contributed by atoms with van der Waals surface area (Å²) in [6, 6.07) is 2.81. The first-order valence-electron chi connectivity index (χ1n) is 5.23. The first-order valence-corrected chi connectivity index (χ1v) is 5.64. The molecule has 2 rings (SSSR count). The number of nitrogens with one attached hydrogen (secondary N) is 2. The lowest BCUT2D eigenvalue weighted by molar-refractivity contribution is -0.121. The number of fused-ring (bicyclic) bond motifs is 1. The third kappa shape index (κ3) is 2.08. The molecule has 18 heavy (non-hydrogen) atoms. The van der Waals surface area contributed by atoms with Crippen molar-refractivity contribution in [1.29, 1.82) is 0 Å². The molecule has 2 aromatic rings. The molecule has 0 aliphatic carbocycles. The van der Waals surface area contributed by atoms with Gasteiger partial charge in [0.2, 0.25) is 5.91 Å². The summed E-state index contributed by atoms with van der Waals surface area (Å²) >= 11 is 5.11. The summed E-state index contributed by atoms with van der Waals surface area (Å²) in [6.07, 6.45) is 0. The van der Waals surface area contributed by atoms with Crippen LogP contribution in [0.3, 0.4) is 0 Å². The molecule has 0 radical (unpaired) electrons. The summed E-state index contributed by atoms with van der Waals surface area (Å²) in [5.74, 6) is -0.550. The van der Waals surface area contributed by atoms with Gasteiger partial charge in [0.25, 0.3) is 0 Å². The molecule has 0 saturated carbocycles. The fourth-order valence-electron chi connectivity index (χ4n) is 1.69. The van der Waals surface area contributed by atoms with Gasteiger partial charge in [-0.25, -0.2) is 4.39 Å². The number of carbonyl (C=O) groups is 1. The highest BCUT2D eigenvalue weighted by atomic mass is 32.1. The topological polar surface area (TPSA) is 59.0 Å². The van der Waals surface area contributed by atoms with E-state index in [1.807, 2.05) is 0 Å². The van der Waals surface area contributed by atoms with E-state index in [1.165, 1.54) is 19.2 Å². The number of imidazole rings is 1. The van der Waals surface area contributed by atoms with Crippen LogP contribution in [0.4, 0.5) is 4.39 Å². The van der Waals surface area contributed by atoms with Crippen LogP contribution in [0.2, 0.25) is 0 Å². The Labute approximate surface area is 108 Å². The van der Waals surface area contributed by atoms with Gasteiger partial charge in [0.15, 0.2) is 16.3 Å². The van der Waals surface area contributed by atoms with Crippen molar-refractivity contribution in [3.63, 3.8) is 0 Å². The number of nitrogens with zero attached hydrogens (tertiary/aromatic N) is 1. The number of halogens is 1. The van der Waals surface area contributed by atoms with Crippen LogP contribution < -0.4 is 10.1 Å². The number of amides is 1. The number of rotatable bonds is 3. The number of aromatic nitrogens is 2. The van der Waals surface area contributed by atoms with Crippen molar-refractivity contribution in [2.75, 3.05) is 14.2 Å². The molecule has 96 valence electrons. The molecule has 0 bridgehead atoms. The van der Waals surface area contributed by atoms with Crippen LogP contribution in [-0.4, -0.2) is 29.6 Å². The van der Waals surface area contributed by atoms with E-state index in [2.05, 4.69) is 10.3 Å². The first-order chi connectivity index (χ1) is 8.56. The van der Waals surface area contributed by atoms with Crippen molar-refractivity contribution in [2.24, 2.45) is 0 Å². The van der Waals surface area contributed by atoms with Crippen LogP contribution in [0.25, 0.3) is 11.0 Å². The minimum Gasteiger partial charge on any atom is -0.494 e. The lowest BCUT2D eigenvalue weighted by atomic mass is 10.3. The minimum atomic E-state index is -0.478. The Hall–Kier alpha value is -1.89. The summed E-state index contributed by atoms with van der Waals surface area (Å²) in [5, 5.41) is 2.51. The Morgan fingerprint density at radius 2 is 2.33 bits per heavy atom. The molecule has 0 aliphatic heterocycles. The molecule has 2 N–H and O–H groups in total. The maximum absolute atomic E-state index is 13.5. The zero-order valence-corrected chi connectivity index (χ0v) is 10.7. The van der Waals surface area contributed by atoms with E-state index >= 15 is 0 Å². The normalized spacial score (nSPS) is 10.6. The van der Waals surface area contributed by atoms with Gasteiger partial charge in [-0.15, -0.1) is 0 Å². The van der Waals surface area contributed by atoms with Crippen LogP contribution in [0.15, 0.2) is 12.1 Å². The smallest absolute Gasteiger partial charge is 0.239 e. The van der Waals surface area contributed by atoms with E-state index in [1.54, 1.807) is 11.6 Å². The average Bonchev–Trinajstić information content (AvgIpc) is 2.64. The molecule has 7 heteroatoms. The molecular weight excluding hydrogens is 257 g/mol. The molecule has 0 fully saturated rings. The number of hydrogen-bond donors (Lipinski definition) is 2. The number of benzene rings is 1. The van der Waals surface area contributed by atoms with Crippen molar-refractivity contribution in [3.8, 4) is 5.75 Å². The molecule has 1 aromatic heterocycles. The van der Waals surface area contributed by atoms with E-state index in [0.717, 1.165) is 0 Å². The van der Waals surface area contributed by atoms with Crippen LogP contribution in [0.5, 0.6) is 5.75 Å². The van der Waals surface area contributed by atoms with Crippen LogP contribution in [0, 0.1) is 10.6 Å². The number of ether oxygens (including phenoxy) is 1. The lowest BCUT2D eigenvalue weighted by Gasteiger charge is -2.05. The van der Waals surface area contributed by atoms with E-state index in [-0.39, 0.29) is 18.2 Å². The van der Waals surface area contributed by atoms with Crippen LogP contribution >= 0.6 is 12.2 Å². The molecule has 1 aromatic carbocycles. The van der Waals surface area contributed by atoms with E-state index < -0.39 is 5.82 Å². The van der Waals surface area contributed by atoms with Crippen molar-refractivity contribution in [2.45, 2.75) is 6.54 Å². The number of hydrogen-bond acceptors (Lipinski definition) is 3. The lowest BCUT2D eigenvalue weighted by Crippen LogP contribution is -2.23. The molecule has 0 saturated heterocycles. The number of carbonyl (C=O) groups excluding carboxylic acids is 1. The summed E-state index contributed by atoms with van der Waals surface area (Å²) < 4.78 is 20.4. The second-order valence-electron chi connectivity index (χ2n) is 3.69. The standard InChI is InChI=1S/C11H12FN3O2S/c1-13-10(16)5-15-8-4-9(17-2)6(12)3-7(8)14-11(15)18/h3-4H,5H2,1-2H3,(H,13,16)(H,14,18). The molecule has 1 heterocycles. The highest BCUT2D eigenvalue weighted by Gasteiger charge is 2.12. The summed E-state index contributed by atoms with van der Waals surface area (Å²) in [5.41, 5.74) is 1.16. The molecule has 5 nitrogen and oxygen atoms in total. The molecular formula is C11H12FN3O2S. The van der Waals surface area contributed by atoms with Crippen molar-refractivity contribution in [1.82, 2.24) is 14.9 Å². The molecule has 0 aliphatic rings. The maximum Gasteiger partial charge on any atom is 0.239 e. The van der Waals surface area contributed by atoms with Gasteiger partial charge in [-0.1, -0.05) is 0 Å². The van der Waals surface area contributed by atoms with Crippen molar-refractivity contribution < 1.29 is 13.9 Å². The maximum atomic E-state index is 13.5. The zero-order valence-electron chi connectivity index (χ0n) is 9.91. The van der Waals surface area contributed by atoms with Gasteiger partial charge in [-0.05, 0) is 12.2 Å². The van der Waals surface area contributed by atoms with Gasteiger partial charge >= 0.3 is 0 Å². The third-order valence-corrected chi connectivity index (χ3v) is 2.95. The Morgan fingerprint density at radius 1 is 1.61 bits per heavy atom. The Balaban J connectivity index is 2.62. The fraction of sp³-hybridized carbons (Fsp3) is 0.273. The van der Waals surface area contributed by atoms with Gasteiger partial charge in [0.05, 0.1) is 18.1 Å². The first kappa shape index (κ1) is 12.6. The average molecular weight is 269 g/mol. The predicted octanol–water partition coefficient (Wildman–Crippen LogP) is 1.59. The SMILES string of the molecule is CNC(=O)Cn1c(=S)[nH]c2cc(F)c(OC)cc21. The molecule has 1 amide bonds. The summed E-state index contributed by atoms with van der Waals surface area (Å²) in [7, 11) is 2.93. The molecule has 0 unspecified atom stereocenters. The third-order valence-electron chi connectivity index (χ3n) is 2.63. The number of methoxy groups -OCH3 is 1. The highest BCUT2D eigenvalue weighted by molar-refractivity contribution is 7.71. The zero-order chi connectivity index (χ0) is 13.3. The highest BCUT2D eigenvalue weighted by Crippen LogP contribution is 2.24. The molecule has 0 spiro atoms. The van der Waals surface area contributed by atoms with E-state index in [0.29, 0.717) is 15.8 Å². The summed E-state index contributed by atoms with van der Waals surface area (Å²) in [6.45, 7) is 0.0735. The Kier molecular flexibility index (Phi) is 3.33. The van der Waals surface area contributed by atoms with Gasteiger partial charge in [0, 0.05) is 19.2 Å². The minimum absolute atomic E-state index is 0.0735. The second kappa shape index (κ2) is 4.77. The van der Waals surface area contributed by atoms with E-state index in [9.17, 15) is 9.18 Å². The summed E-state index contributed by atoms with van der Waals surface area (Å²) in [4.78, 5) is 14.2. The van der Waals surface area contributed by atoms with Crippen LogP contribution in [-0.2, 0) is 11.3 Å². The van der Waals surface area contributed by atoms with Gasteiger partial charge in [-0.3, -0.25) is 4.79 Å². The Morgan fingerprint density at radius 3 is 2.94 bits per heavy atom. The number of likely N-dealkylation sites (N-methyl/N-ethyl adjacent to an activating group) is 1. The van der Waals surface area contributed by atoms with Crippen molar-refractivity contribution in [3.05, 3.63) is 22.7 Å². The van der Waals surface area contributed by atoms with Gasteiger partial charge in [0.1, 0.15) is 6.54 Å².